The smallest absolute Gasteiger partial charge is 0.254 e. The second kappa shape index (κ2) is 10.1. The third kappa shape index (κ3) is 6.17. The normalized spacial score (nSPS) is 20.3. The minimum Gasteiger partial charge on any atom is -0.362 e. The predicted molar refractivity (Wildman–Crippen MR) is 127 cm³/mol. The highest BCUT2D eigenvalue weighted by Crippen LogP contribution is 2.34. The Morgan fingerprint density at radius 3 is 2.69 bits per heavy atom. The molecule has 0 radical (unpaired) electrons. The molecule has 1 aliphatic rings. The molecule has 0 saturated carbocycles. The Morgan fingerprint density at radius 1 is 1.31 bits per heavy atom. The Bertz CT molecular complexity index is 1170. The standard InChI is InChI=1S/C22H24ClFN2O4S2/c1-15(9-12-32(2,29)30)25-22(27)18-8-7-16(13-20(18)24)26-10-11-31(28)14-21(26)17-5-3-4-6-19(17)23/h3-9,12-13,15,21H,10-11,14H2,1-2H3,(H,25,27)/b12-9+/t15-,21?,31?/m1/s1. The van der Waals surface area contributed by atoms with Crippen molar-refractivity contribution in [2.75, 3.05) is 29.2 Å². The Labute approximate surface area is 194 Å². The Morgan fingerprint density at radius 2 is 2.03 bits per heavy atom. The summed E-state index contributed by atoms with van der Waals surface area (Å²) in [5.41, 5.74) is 1.23. The van der Waals surface area contributed by atoms with Gasteiger partial charge in [0.25, 0.3) is 5.91 Å². The van der Waals surface area contributed by atoms with Crippen LogP contribution in [0.15, 0.2) is 53.9 Å². The van der Waals surface area contributed by atoms with E-state index >= 15 is 0 Å². The van der Waals surface area contributed by atoms with Crippen LogP contribution in [0.4, 0.5) is 10.1 Å². The molecule has 1 amide bonds. The van der Waals surface area contributed by atoms with E-state index in [9.17, 15) is 21.8 Å². The summed E-state index contributed by atoms with van der Waals surface area (Å²) in [7, 11) is -4.34. The number of amides is 1. The molecule has 2 aromatic rings. The van der Waals surface area contributed by atoms with Crippen molar-refractivity contribution in [3.63, 3.8) is 0 Å². The van der Waals surface area contributed by atoms with Crippen LogP contribution in [-0.2, 0) is 20.6 Å². The van der Waals surface area contributed by atoms with Crippen molar-refractivity contribution < 1.29 is 21.8 Å². The van der Waals surface area contributed by atoms with Crippen LogP contribution < -0.4 is 10.2 Å². The number of hydrogen-bond donors (Lipinski definition) is 1. The zero-order valence-corrected chi connectivity index (χ0v) is 20.0. The van der Waals surface area contributed by atoms with Crippen LogP contribution in [0.3, 0.4) is 0 Å². The summed E-state index contributed by atoms with van der Waals surface area (Å²) in [6.07, 6.45) is 2.37. The first-order valence-corrected chi connectivity index (χ1v) is 13.7. The number of anilines is 1. The monoisotopic (exact) mass is 498 g/mol. The van der Waals surface area contributed by atoms with E-state index in [0.717, 1.165) is 17.2 Å². The number of rotatable bonds is 6. The van der Waals surface area contributed by atoms with Crippen molar-refractivity contribution in [1.29, 1.82) is 0 Å². The maximum Gasteiger partial charge on any atom is 0.254 e. The molecule has 1 fully saturated rings. The molecule has 1 heterocycles. The maximum absolute atomic E-state index is 14.9. The quantitative estimate of drug-likeness (QED) is 0.659. The predicted octanol–water partition coefficient (Wildman–Crippen LogP) is 3.47. The molecular weight excluding hydrogens is 475 g/mol. The number of hydrogen-bond acceptors (Lipinski definition) is 5. The number of nitrogens with one attached hydrogen (secondary N) is 1. The van der Waals surface area contributed by atoms with Crippen LogP contribution >= 0.6 is 11.6 Å². The van der Waals surface area contributed by atoms with Crippen LogP contribution in [0, 0.1) is 5.82 Å². The fourth-order valence-corrected chi connectivity index (χ4v) is 5.54. The van der Waals surface area contributed by atoms with Crippen LogP contribution in [0.1, 0.15) is 28.9 Å². The van der Waals surface area contributed by atoms with Crippen LogP contribution in [0.5, 0.6) is 0 Å². The molecule has 0 aromatic heterocycles. The molecule has 172 valence electrons. The second-order valence-electron chi connectivity index (χ2n) is 7.63. The van der Waals surface area contributed by atoms with Gasteiger partial charge < -0.3 is 10.2 Å². The van der Waals surface area contributed by atoms with Crippen molar-refractivity contribution in [3.05, 3.63) is 75.9 Å². The zero-order valence-electron chi connectivity index (χ0n) is 17.6. The summed E-state index contributed by atoms with van der Waals surface area (Å²) in [6.45, 7) is 2.05. The summed E-state index contributed by atoms with van der Waals surface area (Å²) in [6, 6.07) is 10.7. The van der Waals surface area contributed by atoms with E-state index in [2.05, 4.69) is 5.32 Å². The highest BCUT2D eigenvalue weighted by Gasteiger charge is 2.30. The fourth-order valence-electron chi connectivity index (χ4n) is 3.48. The lowest BCUT2D eigenvalue weighted by Crippen LogP contribution is -2.41. The Balaban J connectivity index is 1.83. The number of sulfone groups is 1. The van der Waals surface area contributed by atoms with E-state index < -0.39 is 38.4 Å². The van der Waals surface area contributed by atoms with E-state index in [4.69, 9.17) is 11.6 Å². The molecule has 3 rings (SSSR count). The summed E-state index contributed by atoms with van der Waals surface area (Å²) in [5, 5.41) is 4.10. The number of nitrogens with zero attached hydrogens (tertiary/aromatic N) is 1. The van der Waals surface area contributed by atoms with E-state index in [-0.39, 0.29) is 11.6 Å². The highest BCUT2D eigenvalue weighted by molar-refractivity contribution is 7.93. The van der Waals surface area contributed by atoms with Gasteiger partial charge in [0.1, 0.15) is 5.82 Å². The minimum absolute atomic E-state index is 0.150. The van der Waals surface area contributed by atoms with Crippen molar-refractivity contribution >= 4 is 43.8 Å². The third-order valence-corrected chi connectivity index (χ3v) is 7.37. The average molecular weight is 499 g/mol. The lowest BCUT2D eigenvalue weighted by molar-refractivity contribution is 0.0943. The molecule has 10 heteroatoms. The van der Waals surface area contributed by atoms with Gasteiger partial charge in [0.05, 0.1) is 11.6 Å². The maximum atomic E-state index is 14.9. The second-order valence-corrected chi connectivity index (χ2v) is 11.6. The largest absolute Gasteiger partial charge is 0.362 e. The van der Waals surface area contributed by atoms with E-state index in [1.807, 2.05) is 23.1 Å². The van der Waals surface area contributed by atoms with Crippen molar-refractivity contribution in [1.82, 2.24) is 5.32 Å². The van der Waals surface area contributed by atoms with Gasteiger partial charge in [-0.25, -0.2) is 12.8 Å². The summed E-state index contributed by atoms with van der Waals surface area (Å²) in [5.74, 6) is -0.529. The number of carbonyl (C=O) groups is 1. The molecule has 0 spiro atoms. The molecular formula is C22H24ClFN2O4S2. The summed E-state index contributed by atoms with van der Waals surface area (Å²) < 4.78 is 49.5. The summed E-state index contributed by atoms with van der Waals surface area (Å²) >= 11 is 6.36. The van der Waals surface area contributed by atoms with E-state index in [0.29, 0.717) is 28.8 Å². The van der Waals surface area contributed by atoms with Gasteiger partial charge in [0.2, 0.25) is 0 Å². The van der Waals surface area contributed by atoms with Gasteiger partial charge in [0, 0.05) is 57.3 Å². The van der Waals surface area contributed by atoms with Gasteiger partial charge in [0.15, 0.2) is 9.84 Å². The number of halogens is 2. The zero-order chi connectivity index (χ0) is 23.5. The first-order chi connectivity index (χ1) is 15.0. The molecule has 32 heavy (non-hydrogen) atoms. The van der Waals surface area contributed by atoms with Gasteiger partial charge >= 0.3 is 0 Å². The molecule has 0 bridgehead atoms. The number of carbonyl (C=O) groups excluding carboxylic acids is 1. The van der Waals surface area contributed by atoms with Crippen LogP contribution in [0.25, 0.3) is 0 Å². The number of benzene rings is 2. The van der Waals surface area contributed by atoms with Crippen molar-refractivity contribution in [2.45, 2.75) is 19.0 Å². The topological polar surface area (TPSA) is 83.6 Å². The van der Waals surface area contributed by atoms with Crippen molar-refractivity contribution in [2.24, 2.45) is 0 Å². The lowest BCUT2D eigenvalue weighted by Gasteiger charge is -2.38. The Kier molecular flexibility index (Phi) is 7.74. The lowest BCUT2D eigenvalue weighted by atomic mass is 10.0. The summed E-state index contributed by atoms with van der Waals surface area (Å²) in [4.78, 5) is 14.4. The molecule has 1 N–H and O–H groups in total. The SMILES string of the molecule is C[C@H](/C=C/S(C)(=O)=O)NC(=O)c1ccc(N2CCS(=O)CC2c2ccccc2Cl)cc1F. The van der Waals surface area contributed by atoms with Gasteiger partial charge in [-0.15, -0.1) is 0 Å². The molecule has 2 unspecified atom stereocenters. The minimum atomic E-state index is -3.32. The fraction of sp³-hybridized carbons (Fsp3) is 0.318. The average Bonchev–Trinajstić information content (AvgIpc) is 2.72. The van der Waals surface area contributed by atoms with Gasteiger partial charge in [-0.3, -0.25) is 9.00 Å². The third-order valence-electron chi connectivity index (χ3n) is 5.05. The van der Waals surface area contributed by atoms with E-state index in [1.54, 1.807) is 19.1 Å². The van der Waals surface area contributed by atoms with Gasteiger partial charge in [-0.05, 0) is 36.8 Å². The molecule has 1 aliphatic heterocycles. The molecule has 0 aliphatic carbocycles. The van der Waals surface area contributed by atoms with Gasteiger partial charge in [-0.1, -0.05) is 35.9 Å². The highest BCUT2D eigenvalue weighted by atomic mass is 35.5. The first kappa shape index (κ1) is 24.4. The molecule has 1 saturated heterocycles. The Hall–Kier alpha value is -2.23. The first-order valence-electron chi connectivity index (χ1n) is 9.90. The van der Waals surface area contributed by atoms with Crippen LogP contribution in [-0.4, -0.2) is 48.9 Å². The van der Waals surface area contributed by atoms with Crippen LogP contribution in [0.2, 0.25) is 5.02 Å². The van der Waals surface area contributed by atoms with Gasteiger partial charge in [-0.2, -0.15) is 0 Å². The molecule has 3 atom stereocenters. The van der Waals surface area contributed by atoms with Crippen molar-refractivity contribution in [3.8, 4) is 0 Å². The van der Waals surface area contributed by atoms with E-state index in [1.165, 1.54) is 18.2 Å². The molecule has 6 nitrogen and oxygen atoms in total. The molecule has 2 aromatic carbocycles.